The van der Waals surface area contributed by atoms with Gasteiger partial charge in [-0.05, 0) is 36.8 Å². The number of likely N-dealkylation sites (tertiary alicyclic amines) is 1. The molecular weight excluding hydrogens is 292 g/mol. The number of ether oxygens (including phenoxy) is 1. The zero-order chi connectivity index (χ0) is 16.2. The molecule has 23 heavy (non-hydrogen) atoms. The number of amides is 1. The summed E-state index contributed by atoms with van der Waals surface area (Å²) in [6, 6.07) is 9.82. The molecule has 0 aliphatic carbocycles. The van der Waals surface area contributed by atoms with Crippen molar-refractivity contribution >= 4 is 11.9 Å². The number of aromatic nitrogens is 2. The molecule has 2 aromatic rings. The zero-order valence-electron chi connectivity index (χ0n) is 13.3. The maximum absolute atomic E-state index is 11.5. The number of carbonyl (C=O) groups excluding carboxylic acids is 1. The predicted molar refractivity (Wildman–Crippen MR) is 88.3 cm³/mol. The third-order valence-corrected chi connectivity index (χ3v) is 4.00. The van der Waals surface area contributed by atoms with E-state index in [-0.39, 0.29) is 11.9 Å². The molecule has 1 atom stereocenters. The summed E-state index contributed by atoms with van der Waals surface area (Å²) >= 11 is 0. The third-order valence-electron chi connectivity index (χ3n) is 4.00. The Hall–Kier alpha value is -2.63. The number of likely N-dealkylation sites (N-methyl/N-ethyl adjacent to an activating group) is 1. The molecule has 0 unspecified atom stereocenters. The minimum atomic E-state index is 0.184. The smallest absolute Gasteiger partial charge is 0.223 e. The molecule has 1 aromatic carbocycles. The largest absolute Gasteiger partial charge is 0.497 e. The van der Waals surface area contributed by atoms with Crippen LogP contribution >= 0.6 is 0 Å². The van der Waals surface area contributed by atoms with Crippen LogP contribution in [0.1, 0.15) is 12.8 Å². The fourth-order valence-electron chi connectivity index (χ4n) is 2.66. The number of carbonyl (C=O) groups is 1. The molecule has 1 amide bonds. The summed E-state index contributed by atoms with van der Waals surface area (Å²) in [6.45, 7) is 0.676. The van der Waals surface area contributed by atoms with Crippen LogP contribution in [0, 0.1) is 0 Å². The second-order valence-corrected chi connectivity index (χ2v) is 5.65. The summed E-state index contributed by atoms with van der Waals surface area (Å²) in [5.41, 5.74) is 1.86. The number of benzene rings is 1. The highest BCUT2D eigenvalue weighted by molar-refractivity contribution is 5.77. The van der Waals surface area contributed by atoms with Crippen molar-refractivity contribution < 1.29 is 9.53 Å². The Morgan fingerprint density at radius 3 is 2.74 bits per heavy atom. The van der Waals surface area contributed by atoms with Crippen LogP contribution in [0.25, 0.3) is 11.3 Å². The molecule has 120 valence electrons. The van der Waals surface area contributed by atoms with Crippen LogP contribution in [-0.4, -0.2) is 47.5 Å². The van der Waals surface area contributed by atoms with Crippen LogP contribution in [-0.2, 0) is 4.79 Å². The molecule has 0 spiro atoms. The van der Waals surface area contributed by atoms with E-state index in [1.807, 2.05) is 37.4 Å². The van der Waals surface area contributed by atoms with E-state index >= 15 is 0 Å². The molecule has 6 nitrogen and oxygen atoms in total. The highest BCUT2D eigenvalue weighted by Crippen LogP contribution is 2.21. The summed E-state index contributed by atoms with van der Waals surface area (Å²) in [4.78, 5) is 22.1. The van der Waals surface area contributed by atoms with Gasteiger partial charge in [-0.15, -0.1) is 0 Å². The highest BCUT2D eigenvalue weighted by atomic mass is 16.5. The van der Waals surface area contributed by atoms with Gasteiger partial charge < -0.3 is 15.0 Å². The minimum absolute atomic E-state index is 0.184. The van der Waals surface area contributed by atoms with Gasteiger partial charge >= 0.3 is 0 Å². The van der Waals surface area contributed by atoms with Gasteiger partial charge in [0.25, 0.3) is 0 Å². The summed E-state index contributed by atoms with van der Waals surface area (Å²) in [5, 5.41) is 3.32. The second kappa shape index (κ2) is 6.64. The maximum atomic E-state index is 11.5. The van der Waals surface area contributed by atoms with Gasteiger partial charge in [0, 0.05) is 37.8 Å². The minimum Gasteiger partial charge on any atom is -0.497 e. The number of piperidine rings is 1. The van der Waals surface area contributed by atoms with E-state index in [0.29, 0.717) is 18.9 Å². The molecular formula is C17H20N4O2. The SMILES string of the molecule is COc1ccc(-c2ccnc(N[C@H]3CCC(=O)N(C)C3)n2)cc1. The molecule has 3 rings (SSSR count). The van der Waals surface area contributed by atoms with Crippen LogP contribution in [0.5, 0.6) is 5.75 Å². The van der Waals surface area contributed by atoms with Crippen molar-refractivity contribution in [1.29, 1.82) is 0 Å². The van der Waals surface area contributed by atoms with Gasteiger partial charge in [0.15, 0.2) is 0 Å². The number of anilines is 1. The molecule has 1 aromatic heterocycles. The molecule has 0 radical (unpaired) electrons. The predicted octanol–water partition coefficient (Wildman–Crippen LogP) is 2.18. The Balaban J connectivity index is 1.73. The van der Waals surface area contributed by atoms with Gasteiger partial charge in [0.1, 0.15) is 5.75 Å². The number of nitrogens with one attached hydrogen (secondary N) is 1. The van der Waals surface area contributed by atoms with Gasteiger partial charge in [-0.1, -0.05) is 0 Å². The summed E-state index contributed by atoms with van der Waals surface area (Å²) in [7, 11) is 3.47. The van der Waals surface area contributed by atoms with Gasteiger partial charge in [-0.3, -0.25) is 4.79 Å². The summed E-state index contributed by atoms with van der Waals surface area (Å²) in [5.74, 6) is 1.60. The monoisotopic (exact) mass is 312 g/mol. The average Bonchev–Trinajstić information content (AvgIpc) is 2.58. The van der Waals surface area contributed by atoms with Crippen molar-refractivity contribution in [3.8, 4) is 17.0 Å². The molecule has 1 N–H and O–H groups in total. The first-order valence-corrected chi connectivity index (χ1v) is 7.63. The third kappa shape index (κ3) is 3.59. The van der Waals surface area contributed by atoms with E-state index < -0.39 is 0 Å². The Kier molecular flexibility index (Phi) is 4.41. The first kappa shape index (κ1) is 15.3. The fraction of sp³-hybridized carbons (Fsp3) is 0.353. The maximum Gasteiger partial charge on any atom is 0.223 e. The molecule has 0 bridgehead atoms. The van der Waals surface area contributed by atoms with Crippen molar-refractivity contribution in [2.75, 3.05) is 26.0 Å². The van der Waals surface area contributed by atoms with Crippen molar-refractivity contribution in [2.45, 2.75) is 18.9 Å². The summed E-state index contributed by atoms with van der Waals surface area (Å²) < 4.78 is 5.17. The molecule has 1 fully saturated rings. The fourth-order valence-corrected chi connectivity index (χ4v) is 2.66. The van der Waals surface area contributed by atoms with Gasteiger partial charge in [-0.2, -0.15) is 0 Å². The number of hydrogen-bond donors (Lipinski definition) is 1. The normalized spacial score (nSPS) is 17.9. The van der Waals surface area contributed by atoms with Crippen LogP contribution in [0.15, 0.2) is 36.5 Å². The van der Waals surface area contributed by atoms with Crippen LogP contribution in [0.4, 0.5) is 5.95 Å². The molecule has 1 saturated heterocycles. The standard InChI is InChI=1S/C17H20N4O2/c1-21-11-13(5-8-16(21)22)19-17-18-10-9-15(20-17)12-3-6-14(23-2)7-4-12/h3-4,6-7,9-10,13H,5,8,11H2,1-2H3,(H,18,19,20)/t13-/m0/s1. The second-order valence-electron chi connectivity index (χ2n) is 5.65. The lowest BCUT2D eigenvalue weighted by atomic mass is 10.1. The molecule has 0 saturated carbocycles. The van der Waals surface area contributed by atoms with Crippen LogP contribution < -0.4 is 10.1 Å². The van der Waals surface area contributed by atoms with Crippen LogP contribution in [0.2, 0.25) is 0 Å². The number of rotatable bonds is 4. The average molecular weight is 312 g/mol. The number of methoxy groups -OCH3 is 1. The first-order valence-electron chi connectivity index (χ1n) is 7.63. The van der Waals surface area contributed by atoms with E-state index in [0.717, 1.165) is 23.4 Å². The Bertz CT molecular complexity index is 687. The van der Waals surface area contributed by atoms with Crippen molar-refractivity contribution in [3.63, 3.8) is 0 Å². The molecule has 1 aliphatic rings. The number of nitrogens with zero attached hydrogens (tertiary/aromatic N) is 3. The van der Waals surface area contributed by atoms with Gasteiger partial charge in [0.05, 0.1) is 12.8 Å². The van der Waals surface area contributed by atoms with Crippen molar-refractivity contribution in [1.82, 2.24) is 14.9 Å². The molecule has 2 heterocycles. The summed E-state index contributed by atoms with van der Waals surface area (Å²) in [6.07, 6.45) is 3.11. The topological polar surface area (TPSA) is 67.3 Å². The van der Waals surface area contributed by atoms with E-state index in [2.05, 4.69) is 15.3 Å². The Labute approximate surface area is 135 Å². The molecule has 1 aliphatic heterocycles. The van der Waals surface area contributed by atoms with E-state index in [1.165, 1.54) is 0 Å². The van der Waals surface area contributed by atoms with Crippen molar-refractivity contribution in [3.05, 3.63) is 36.5 Å². The van der Waals surface area contributed by atoms with Crippen LogP contribution in [0.3, 0.4) is 0 Å². The lowest BCUT2D eigenvalue weighted by Gasteiger charge is -2.30. The van der Waals surface area contributed by atoms with Gasteiger partial charge in [0.2, 0.25) is 11.9 Å². The number of hydrogen-bond acceptors (Lipinski definition) is 5. The molecule has 6 heteroatoms. The lowest BCUT2D eigenvalue weighted by Crippen LogP contribution is -2.43. The van der Waals surface area contributed by atoms with E-state index in [9.17, 15) is 4.79 Å². The highest BCUT2D eigenvalue weighted by Gasteiger charge is 2.23. The van der Waals surface area contributed by atoms with E-state index in [4.69, 9.17) is 4.74 Å². The van der Waals surface area contributed by atoms with E-state index in [1.54, 1.807) is 18.2 Å². The zero-order valence-corrected chi connectivity index (χ0v) is 13.3. The Morgan fingerprint density at radius 1 is 1.26 bits per heavy atom. The Morgan fingerprint density at radius 2 is 2.04 bits per heavy atom. The van der Waals surface area contributed by atoms with Gasteiger partial charge in [-0.25, -0.2) is 9.97 Å². The van der Waals surface area contributed by atoms with Crippen molar-refractivity contribution in [2.24, 2.45) is 0 Å². The first-order chi connectivity index (χ1) is 11.2. The quantitative estimate of drug-likeness (QED) is 0.937. The lowest BCUT2D eigenvalue weighted by molar-refractivity contribution is -0.132.